The topological polar surface area (TPSA) is 88.5 Å². The highest BCUT2D eigenvalue weighted by molar-refractivity contribution is 5.84. The Morgan fingerprint density at radius 2 is 1.88 bits per heavy atom. The summed E-state index contributed by atoms with van der Waals surface area (Å²) in [6.45, 7) is 4.22. The number of hydrogen-bond acceptors (Lipinski definition) is 4. The molecule has 26 heavy (non-hydrogen) atoms. The van der Waals surface area contributed by atoms with Crippen molar-refractivity contribution in [3.63, 3.8) is 0 Å². The Balaban J connectivity index is 1.85. The molecule has 1 unspecified atom stereocenters. The Hall–Kier alpha value is -2.89. The van der Waals surface area contributed by atoms with Crippen LogP contribution in [0.5, 0.6) is 5.75 Å². The van der Waals surface area contributed by atoms with E-state index >= 15 is 0 Å². The summed E-state index contributed by atoms with van der Waals surface area (Å²) in [4.78, 5) is 27.5. The standard InChI is InChI=1S/C20H24N2O4/c1-14(2)11-18(20(24)25)22-19(23)12-15-6-8-17(9-7-15)26-13-16-5-3-4-10-21-16/h3-10,14,18H,11-13H2,1-2H3,(H,22,23)(H,24,25). The van der Waals surface area contributed by atoms with Crippen molar-refractivity contribution in [2.24, 2.45) is 5.92 Å². The van der Waals surface area contributed by atoms with E-state index in [-0.39, 0.29) is 18.2 Å². The lowest BCUT2D eigenvalue weighted by Gasteiger charge is -2.16. The number of hydrogen-bond donors (Lipinski definition) is 2. The normalized spacial score (nSPS) is 11.8. The van der Waals surface area contributed by atoms with Gasteiger partial charge in [0, 0.05) is 6.20 Å². The van der Waals surface area contributed by atoms with Crippen molar-refractivity contribution in [2.75, 3.05) is 0 Å². The van der Waals surface area contributed by atoms with Gasteiger partial charge in [0.25, 0.3) is 0 Å². The second kappa shape index (κ2) is 9.56. The number of pyridine rings is 1. The van der Waals surface area contributed by atoms with Crippen molar-refractivity contribution in [1.29, 1.82) is 0 Å². The van der Waals surface area contributed by atoms with E-state index in [0.717, 1.165) is 11.3 Å². The van der Waals surface area contributed by atoms with Crippen molar-refractivity contribution in [2.45, 2.75) is 39.3 Å². The zero-order valence-corrected chi connectivity index (χ0v) is 15.0. The summed E-state index contributed by atoms with van der Waals surface area (Å²) in [6, 6.07) is 11.9. The minimum absolute atomic E-state index is 0.127. The summed E-state index contributed by atoms with van der Waals surface area (Å²) in [5.74, 6) is -0.444. The number of benzene rings is 1. The molecular formula is C20H24N2O4. The Morgan fingerprint density at radius 3 is 2.46 bits per heavy atom. The molecule has 1 atom stereocenters. The average Bonchev–Trinajstić information content (AvgIpc) is 2.61. The first-order valence-corrected chi connectivity index (χ1v) is 8.58. The Labute approximate surface area is 153 Å². The number of amides is 1. The number of rotatable bonds is 9. The van der Waals surface area contributed by atoms with Crippen LogP contribution in [0.2, 0.25) is 0 Å². The Morgan fingerprint density at radius 1 is 1.15 bits per heavy atom. The van der Waals surface area contributed by atoms with E-state index in [1.165, 1.54) is 0 Å². The molecule has 0 spiro atoms. The fourth-order valence-electron chi connectivity index (χ4n) is 2.47. The van der Waals surface area contributed by atoms with Crippen LogP contribution in [0.4, 0.5) is 0 Å². The van der Waals surface area contributed by atoms with E-state index < -0.39 is 12.0 Å². The quantitative estimate of drug-likeness (QED) is 0.721. The summed E-state index contributed by atoms with van der Waals surface area (Å²) < 4.78 is 5.65. The fraction of sp³-hybridized carbons (Fsp3) is 0.350. The third kappa shape index (κ3) is 6.55. The van der Waals surface area contributed by atoms with Gasteiger partial charge in [-0.15, -0.1) is 0 Å². The molecule has 2 aromatic rings. The molecule has 1 aromatic carbocycles. The highest BCUT2D eigenvalue weighted by atomic mass is 16.5. The number of carbonyl (C=O) groups excluding carboxylic acids is 1. The molecule has 0 aliphatic rings. The van der Waals surface area contributed by atoms with Crippen molar-refractivity contribution in [1.82, 2.24) is 10.3 Å². The molecule has 0 fully saturated rings. The Kier molecular flexibility index (Phi) is 7.14. The van der Waals surface area contributed by atoms with E-state index in [0.29, 0.717) is 18.8 Å². The maximum atomic E-state index is 12.1. The number of nitrogens with one attached hydrogen (secondary N) is 1. The second-order valence-corrected chi connectivity index (χ2v) is 6.52. The van der Waals surface area contributed by atoms with Crippen LogP contribution in [0.1, 0.15) is 31.5 Å². The van der Waals surface area contributed by atoms with Gasteiger partial charge in [-0.2, -0.15) is 0 Å². The minimum Gasteiger partial charge on any atom is -0.487 e. The lowest BCUT2D eigenvalue weighted by Crippen LogP contribution is -2.42. The molecule has 1 heterocycles. The van der Waals surface area contributed by atoms with Crippen molar-refractivity contribution in [3.8, 4) is 5.75 Å². The van der Waals surface area contributed by atoms with Crippen molar-refractivity contribution >= 4 is 11.9 Å². The van der Waals surface area contributed by atoms with Gasteiger partial charge in [-0.25, -0.2) is 4.79 Å². The van der Waals surface area contributed by atoms with E-state index in [1.54, 1.807) is 30.5 Å². The first-order chi connectivity index (χ1) is 12.4. The lowest BCUT2D eigenvalue weighted by molar-refractivity contribution is -0.142. The van der Waals surface area contributed by atoms with Crippen LogP contribution in [0.15, 0.2) is 48.7 Å². The third-order valence-electron chi connectivity index (χ3n) is 3.74. The van der Waals surface area contributed by atoms with Gasteiger partial charge in [0.15, 0.2) is 0 Å². The van der Waals surface area contributed by atoms with Gasteiger partial charge in [-0.1, -0.05) is 32.0 Å². The molecule has 1 amide bonds. The predicted molar refractivity (Wildman–Crippen MR) is 97.7 cm³/mol. The molecule has 138 valence electrons. The van der Waals surface area contributed by atoms with E-state index in [9.17, 15) is 14.7 Å². The first-order valence-electron chi connectivity index (χ1n) is 8.58. The van der Waals surface area contributed by atoms with Crippen LogP contribution in [0, 0.1) is 5.92 Å². The zero-order valence-electron chi connectivity index (χ0n) is 15.0. The van der Waals surface area contributed by atoms with Crippen LogP contribution in [0.3, 0.4) is 0 Å². The molecule has 0 saturated carbocycles. The number of nitrogens with zero attached hydrogens (tertiary/aromatic N) is 1. The summed E-state index contributed by atoms with van der Waals surface area (Å²) in [5.41, 5.74) is 1.63. The first kappa shape index (κ1) is 19.4. The highest BCUT2D eigenvalue weighted by Gasteiger charge is 2.20. The van der Waals surface area contributed by atoms with Crippen LogP contribution >= 0.6 is 0 Å². The number of aliphatic carboxylic acids is 1. The Bertz CT molecular complexity index is 714. The number of carboxylic acids is 1. The summed E-state index contributed by atoms with van der Waals surface area (Å²) in [7, 11) is 0. The van der Waals surface area contributed by atoms with Crippen molar-refractivity contribution < 1.29 is 19.4 Å². The van der Waals surface area contributed by atoms with Crippen LogP contribution in [-0.2, 0) is 22.6 Å². The molecule has 6 nitrogen and oxygen atoms in total. The van der Waals surface area contributed by atoms with Crippen LogP contribution in [-0.4, -0.2) is 28.0 Å². The number of carboxylic acid groups (broad SMARTS) is 1. The van der Waals surface area contributed by atoms with Crippen LogP contribution < -0.4 is 10.1 Å². The number of aromatic nitrogens is 1. The van der Waals surface area contributed by atoms with Crippen LogP contribution in [0.25, 0.3) is 0 Å². The van der Waals surface area contributed by atoms with Gasteiger partial charge < -0.3 is 15.2 Å². The fourth-order valence-corrected chi connectivity index (χ4v) is 2.47. The smallest absolute Gasteiger partial charge is 0.326 e. The summed E-state index contributed by atoms with van der Waals surface area (Å²) in [5, 5.41) is 11.8. The number of carbonyl (C=O) groups is 2. The maximum Gasteiger partial charge on any atom is 0.326 e. The van der Waals surface area contributed by atoms with E-state index in [1.807, 2.05) is 32.0 Å². The molecule has 6 heteroatoms. The molecule has 0 radical (unpaired) electrons. The second-order valence-electron chi connectivity index (χ2n) is 6.52. The van der Waals surface area contributed by atoms with Gasteiger partial charge in [0.2, 0.25) is 5.91 Å². The molecule has 2 rings (SSSR count). The van der Waals surface area contributed by atoms with Crippen molar-refractivity contribution in [3.05, 3.63) is 59.9 Å². The van der Waals surface area contributed by atoms with E-state index in [2.05, 4.69) is 10.3 Å². The number of ether oxygens (including phenoxy) is 1. The summed E-state index contributed by atoms with van der Waals surface area (Å²) in [6.07, 6.45) is 2.24. The predicted octanol–water partition coefficient (Wildman–Crippen LogP) is 2.82. The maximum absolute atomic E-state index is 12.1. The van der Waals surface area contributed by atoms with E-state index in [4.69, 9.17) is 4.74 Å². The van der Waals surface area contributed by atoms with Gasteiger partial charge in [-0.05, 0) is 42.2 Å². The molecule has 2 N–H and O–H groups in total. The molecule has 0 bridgehead atoms. The third-order valence-corrected chi connectivity index (χ3v) is 3.74. The molecule has 0 saturated heterocycles. The SMILES string of the molecule is CC(C)CC(NC(=O)Cc1ccc(OCc2ccccn2)cc1)C(=O)O. The average molecular weight is 356 g/mol. The molecule has 0 aliphatic heterocycles. The highest BCUT2D eigenvalue weighted by Crippen LogP contribution is 2.14. The van der Waals surface area contributed by atoms with Gasteiger partial charge >= 0.3 is 5.97 Å². The summed E-state index contributed by atoms with van der Waals surface area (Å²) >= 11 is 0. The largest absolute Gasteiger partial charge is 0.487 e. The van der Waals surface area contributed by atoms with Gasteiger partial charge in [0.1, 0.15) is 18.4 Å². The zero-order chi connectivity index (χ0) is 18.9. The van der Waals surface area contributed by atoms with Gasteiger partial charge in [0.05, 0.1) is 12.1 Å². The van der Waals surface area contributed by atoms with Gasteiger partial charge in [-0.3, -0.25) is 9.78 Å². The lowest BCUT2D eigenvalue weighted by atomic mass is 10.0. The monoisotopic (exact) mass is 356 g/mol. The molecular weight excluding hydrogens is 332 g/mol. The molecule has 0 aliphatic carbocycles. The molecule has 1 aromatic heterocycles. The minimum atomic E-state index is -1.01.